The Morgan fingerprint density at radius 3 is 2.62 bits per heavy atom. The molecular formula is C12H13BrN2O. The lowest BCUT2D eigenvalue weighted by molar-refractivity contribution is -0.0438. The molecule has 0 radical (unpaired) electrons. The number of nitrogen functional groups attached to an aromatic ring is 1. The van der Waals surface area contributed by atoms with Crippen molar-refractivity contribution in [3.05, 3.63) is 28.2 Å². The Balaban J connectivity index is 1.75. The van der Waals surface area contributed by atoms with E-state index in [-0.39, 0.29) is 11.4 Å². The molecule has 3 nitrogen and oxygen atoms in total. The summed E-state index contributed by atoms with van der Waals surface area (Å²) in [4.78, 5) is 12.0. The predicted molar refractivity (Wildman–Crippen MR) is 66.1 cm³/mol. The van der Waals surface area contributed by atoms with Gasteiger partial charge < -0.3 is 11.1 Å². The highest BCUT2D eigenvalue weighted by molar-refractivity contribution is 9.10. The summed E-state index contributed by atoms with van der Waals surface area (Å²) in [6.45, 7) is 0. The third-order valence-corrected chi connectivity index (χ3v) is 4.37. The molecule has 0 aliphatic heterocycles. The molecule has 3 aliphatic carbocycles. The van der Waals surface area contributed by atoms with E-state index in [9.17, 15) is 4.79 Å². The Bertz CT molecular complexity index is 455. The summed E-state index contributed by atoms with van der Waals surface area (Å²) in [5, 5.41) is 3.12. The molecule has 84 valence electrons. The fourth-order valence-corrected chi connectivity index (χ4v) is 2.99. The van der Waals surface area contributed by atoms with Gasteiger partial charge in [-0.2, -0.15) is 0 Å². The molecule has 1 amide bonds. The van der Waals surface area contributed by atoms with Gasteiger partial charge >= 0.3 is 0 Å². The van der Waals surface area contributed by atoms with E-state index in [1.165, 1.54) is 0 Å². The lowest BCUT2D eigenvalue weighted by Gasteiger charge is -2.61. The van der Waals surface area contributed by atoms with Crippen molar-refractivity contribution in [2.24, 2.45) is 5.92 Å². The van der Waals surface area contributed by atoms with Crippen LogP contribution in [0.1, 0.15) is 29.6 Å². The van der Waals surface area contributed by atoms with Crippen molar-refractivity contribution in [2.75, 3.05) is 5.73 Å². The predicted octanol–water partition coefficient (Wildman–Crippen LogP) is 2.31. The average molecular weight is 281 g/mol. The molecule has 16 heavy (non-hydrogen) atoms. The maximum atomic E-state index is 12.0. The van der Waals surface area contributed by atoms with Gasteiger partial charge in [-0.1, -0.05) is 0 Å². The molecule has 2 bridgehead atoms. The highest BCUT2D eigenvalue weighted by Gasteiger charge is 2.57. The molecule has 1 aromatic rings. The second-order valence-electron chi connectivity index (χ2n) is 4.95. The first-order valence-electron chi connectivity index (χ1n) is 5.46. The first kappa shape index (κ1) is 10.1. The normalized spacial score (nSPS) is 30.2. The Hall–Kier alpha value is -1.03. The van der Waals surface area contributed by atoms with Gasteiger partial charge in [0, 0.05) is 21.3 Å². The smallest absolute Gasteiger partial charge is 0.251 e. The first-order chi connectivity index (χ1) is 7.58. The number of benzene rings is 1. The molecule has 0 spiro atoms. The number of hydrogen-bond donors (Lipinski definition) is 2. The van der Waals surface area contributed by atoms with E-state index in [0.29, 0.717) is 11.3 Å². The molecule has 0 atom stereocenters. The zero-order valence-electron chi connectivity index (χ0n) is 8.79. The van der Waals surface area contributed by atoms with E-state index in [0.717, 1.165) is 29.7 Å². The summed E-state index contributed by atoms with van der Waals surface area (Å²) in [6, 6.07) is 5.29. The highest BCUT2D eigenvalue weighted by atomic mass is 79.9. The Morgan fingerprint density at radius 2 is 2.12 bits per heavy atom. The Kier molecular flexibility index (Phi) is 2.05. The van der Waals surface area contributed by atoms with E-state index in [2.05, 4.69) is 21.2 Å². The van der Waals surface area contributed by atoms with E-state index < -0.39 is 0 Å². The van der Waals surface area contributed by atoms with Crippen molar-refractivity contribution in [3.8, 4) is 0 Å². The molecule has 0 aromatic heterocycles. The number of hydrogen-bond acceptors (Lipinski definition) is 2. The number of amides is 1. The van der Waals surface area contributed by atoms with Crippen LogP contribution in [0, 0.1) is 5.92 Å². The second kappa shape index (κ2) is 3.23. The summed E-state index contributed by atoms with van der Waals surface area (Å²) < 4.78 is 0.776. The quantitative estimate of drug-likeness (QED) is 0.817. The minimum atomic E-state index is 0.0128. The van der Waals surface area contributed by atoms with Gasteiger partial charge in [0.05, 0.1) is 0 Å². The topological polar surface area (TPSA) is 55.1 Å². The number of nitrogens with two attached hydrogens (primary N) is 1. The van der Waals surface area contributed by atoms with Crippen LogP contribution >= 0.6 is 15.9 Å². The van der Waals surface area contributed by atoms with Crippen molar-refractivity contribution >= 4 is 27.5 Å². The van der Waals surface area contributed by atoms with Crippen molar-refractivity contribution in [1.82, 2.24) is 5.32 Å². The van der Waals surface area contributed by atoms with Crippen LogP contribution in [0.25, 0.3) is 0 Å². The molecule has 0 saturated heterocycles. The van der Waals surface area contributed by atoms with E-state index in [1.54, 1.807) is 18.2 Å². The lowest BCUT2D eigenvalue weighted by atomic mass is 9.50. The molecule has 4 rings (SSSR count). The summed E-state index contributed by atoms with van der Waals surface area (Å²) in [5.74, 6) is 0.886. The number of rotatable bonds is 2. The molecule has 1 aromatic carbocycles. The van der Waals surface area contributed by atoms with Crippen LogP contribution < -0.4 is 11.1 Å². The number of anilines is 1. The largest absolute Gasteiger partial charge is 0.398 e. The van der Waals surface area contributed by atoms with Crippen molar-refractivity contribution in [1.29, 1.82) is 0 Å². The summed E-state index contributed by atoms with van der Waals surface area (Å²) >= 11 is 3.33. The fraction of sp³-hybridized carbons (Fsp3) is 0.417. The van der Waals surface area contributed by atoms with Gasteiger partial charge in [-0.3, -0.25) is 4.79 Å². The van der Waals surface area contributed by atoms with E-state index >= 15 is 0 Å². The molecule has 3 aliphatic rings. The van der Waals surface area contributed by atoms with Gasteiger partial charge in [-0.25, -0.2) is 0 Å². The van der Waals surface area contributed by atoms with Crippen LogP contribution in [-0.4, -0.2) is 11.4 Å². The molecule has 3 N–H and O–H groups in total. The monoisotopic (exact) mass is 280 g/mol. The van der Waals surface area contributed by atoms with Gasteiger partial charge in [-0.05, 0) is 59.3 Å². The summed E-state index contributed by atoms with van der Waals surface area (Å²) in [7, 11) is 0. The molecule has 3 saturated carbocycles. The zero-order chi connectivity index (χ0) is 11.3. The number of carbonyl (C=O) groups is 1. The van der Waals surface area contributed by atoms with Gasteiger partial charge in [0.25, 0.3) is 5.91 Å². The van der Waals surface area contributed by atoms with E-state index in [1.807, 2.05) is 0 Å². The van der Waals surface area contributed by atoms with E-state index in [4.69, 9.17) is 5.73 Å². The third-order valence-electron chi connectivity index (χ3n) is 3.68. The maximum absolute atomic E-state index is 12.0. The summed E-state index contributed by atoms with van der Waals surface area (Å²) in [5.41, 5.74) is 7.14. The van der Waals surface area contributed by atoms with Gasteiger partial charge in [0.1, 0.15) is 0 Å². The van der Waals surface area contributed by atoms with Crippen LogP contribution in [0.3, 0.4) is 0 Å². The lowest BCUT2D eigenvalue weighted by Crippen LogP contribution is -2.68. The molecule has 0 unspecified atom stereocenters. The van der Waals surface area contributed by atoms with Crippen LogP contribution in [0.4, 0.5) is 5.69 Å². The van der Waals surface area contributed by atoms with Crippen LogP contribution in [0.15, 0.2) is 22.7 Å². The van der Waals surface area contributed by atoms with Gasteiger partial charge in [0.15, 0.2) is 0 Å². The first-order valence-corrected chi connectivity index (χ1v) is 6.25. The zero-order valence-corrected chi connectivity index (χ0v) is 10.4. The van der Waals surface area contributed by atoms with Crippen LogP contribution in [0.2, 0.25) is 0 Å². The van der Waals surface area contributed by atoms with Gasteiger partial charge in [0.2, 0.25) is 0 Å². The molecular weight excluding hydrogens is 268 g/mol. The fourth-order valence-electron chi connectivity index (χ4n) is 2.61. The van der Waals surface area contributed by atoms with Crippen molar-refractivity contribution in [2.45, 2.75) is 24.8 Å². The van der Waals surface area contributed by atoms with Crippen LogP contribution in [-0.2, 0) is 0 Å². The average Bonchev–Trinajstić information content (AvgIpc) is 2.13. The van der Waals surface area contributed by atoms with Crippen molar-refractivity contribution in [3.63, 3.8) is 0 Å². The number of halogens is 1. The third kappa shape index (κ3) is 1.44. The van der Waals surface area contributed by atoms with Gasteiger partial charge in [-0.15, -0.1) is 0 Å². The molecule has 4 heteroatoms. The number of carbonyl (C=O) groups excluding carboxylic acids is 1. The number of nitrogens with one attached hydrogen (secondary N) is 1. The van der Waals surface area contributed by atoms with Crippen molar-refractivity contribution < 1.29 is 4.79 Å². The SMILES string of the molecule is Nc1ccc(C(=O)NC23CC(C2)C3)cc1Br. The Morgan fingerprint density at radius 1 is 1.44 bits per heavy atom. The maximum Gasteiger partial charge on any atom is 0.251 e. The highest BCUT2D eigenvalue weighted by Crippen LogP contribution is 2.56. The molecule has 3 fully saturated rings. The minimum absolute atomic E-state index is 0.0128. The summed E-state index contributed by atoms with van der Waals surface area (Å²) in [6.07, 6.45) is 3.48. The standard InChI is InChI=1S/C12H13BrN2O/c13-9-3-8(1-2-10(9)14)11(16)15-12-4-7(5-12)6-12/h1-3,7H,4-6,14H2,(H,15,16). The minimum Gasteiger partial charge on any atom is -0.398 e. The van der Waals surface area contributed by atoms with Crippen LogP contribution in [0.5, 0.6) is 0 Å². The molecule has 0 heterocycles. The second-order valence-corrected chi connectivity index (χ2v) is 5.80. The Labute approximate surface area is 103 Å².